The van der Waals surface area contributed by atoms with Crippen molar-refractivity contribution >= 4 is 11.9 Å². The van der Waals surface area contributed by atoms with Gasteiger partial charge in [0.25, 0.3) is 0 Å². The van der Waals surface area contributed by atoms with Gasteiger partial charge in [0, 0.05) is 38.6 Å². The van der Waals surface area contributed by atoms with E-state index < -0.39 is 11.9 Å². The van der Waals surface area contributed by atoms with Crippen LogP contribution in [0.25, 0.3) is 0 Å². The van der Waals surface area contributed by atoms with E-state index in [0.717, 1.165) is 38.5 Å². The van der Waals surface area contributed by atoms with Gasteiger partial charge in [-0.1, -0.05) is 25.7 Å². The molecule has 0 saturated heterocycles. The number of hydrogen-bond donors (Lipinski definition) is 5. The third kappa shape index (κ3) is 23.2. The van der Waals surface area contributed by atoms with Crippen LogP contribution in [0.5, 0.6) is 0 Å². The third-order valence-corrected chi connectivity index (χ3v) is 3.32. The fourth-order valence-corrected chi connectivity index (χ4v) is 1.88. The van der Waals surface area contributed by atoms with Crippen LogP contribution in [0, 0.1) is 5.92 Å². The van der Waals surface area contributed by atoms with Crippen LogP contribution < -0.4 is 0 Å². The summed E-state index contributed by atoms with van der Waals surface area (Å²) in [5, 5.41) is 42.1. The number of aliphatic hydroxyl groups is 3. The van der Waals surface area contributed by atoms with E-state index in [-0.39, 0.29) is 38.6 Å². The van der Waals surface area contributed by atoms with Crippen LogP contribution >= 0.6 is 0 Å². The molecule has 138 valence electrons. The van der Waals surface area contributed by atoms with Crippen LogP contribution in [0.2, 0.25) is 0 Å². The molecule has 0 aliphatic rings. The number of carboxylic acids is 2. The Labute approximate surface area is 138 Å². The van der Waals surface area contributed by atoms with Gasteiger partial charge in [-0.3, -0.25) is 9.59 Å². The Morgan fingerprint density at radius 2 is 1.04 bits per heavy atom. The molecule has 0 aromatic carbocycles. The Morgan fingerprint density at radius 1 is 0.652 bits per heavy atom. The molecule has 0 radical (unpaired) electrons. The standard InChI is InChI=1S/C10H18O4.C6H14O3/c11-9(12)7-5-3-1-2-4-6-8-10(13)14;7-3-1-2-6(4-8)5-9/h1-8H2,(H,11,12)(H,13,14);6-9H,1-5H2. The van der Waals surface area contributed by atoms with E-state index >= 15 is 0 Å². The number of aliphatic hydroxyl groups excluding tert-OH is 3. The average Bonchev–Trinajstić information content (AvgIpc) is 2.51. The highest BCUT2D eigenvalue weighted by molar-refractivity contribution is 5.66. The van der Waals surface area contributed by atoms with Crippen molar-refractivity contribution in [3.63, 3.8) is 0 Å². The van der Waals surface area contributed by atoms with Crippen molar-refractivity contribution in [2.24, 2.45) is 5.92 Å². The molecule has 5 N–H and O–H groups in total. The van der Waals surface area contributed by atoms with Gasteiger partial charge in [0.1, 0.15) is 0 Å². The number of hydrogen-bond acceptors (Lipinski definition) is 5. The molecule has 23 heavy (non-hydrogen) atoms. The minimum atomic E-state index is -0.740. The Kier molecular flexibility index (Phi) is 19.8. The van der Waals surface area contributed by atoms with Crippen LogP contribution in [0.15, 0.2) is 0 Å². The van der Waals surface area contributed by atoms with Gasteiger partial charge in [0.05, 0.1) is 0 Å². The predicted octanol–water partition coefficient (Wildman–Crippen LogP) is 1.64. The van der Waals surface area contributed by atoms with E-state index in [4.69, 9.17) is 25.5 Å². The second kappa shape index (κ2) is 18.9. The number of carbonyl (C=O) groups is 2. The lowest BCUT2D eigenvalue weighted by Gasteiger charge is -2.07. The second-order valence-electron chi connectivity index (χ2n) is 5.51. The molecule has 0 aromatic heterocycles. The lowest BCUT2D eigenvalue weighted by Crippen LogP contribution is -2.11. The first-order chi connectivity index (χ1) is 11.0. The van der Waals surface area contributed by atoms with E-state index in [2.05, 4.69) is 0 Å². The number of unbranched alkanes of at least 4 members (excludes halogenated alkanes) is 5. The van der Waals surface area contributed by atoms with Crippen molar-refractivity contribution in [3.05, 3.63) is 0 Å². The van der Waals surface area contributed by atoms with Gasteiger partial charge in [-0.2, -0.15) is 0 Å². The first-order valence-electron chi connectivity index (χ1n) is 8.24. The first-order valence-corrected chi connectivity index (χ1v) is 8.24. The Hall–Kier alpha value is -1.18. The maximum Gasteiger partial charge on any atom is 0.303 e. The number of carboxylic acid groups (broad SMARTS) is 2. The van der Waals surface area contributed by atoms with Crippen molar-refractivity contribution in [1.29, 1.82) is 0 Å². The van der Waals surface area contributed by atoms with Gasteiger partial charge in [0.15, 0.2) is 0 Å². The molecule has 7 heteroatoms. The van der Waals surface area contributed by atoms with Crippen LogP contribution in [-0.4, -0.2) is 57.3 Å². The highest BCUT2D eigenvalue weighted by atomic mass is 16.4. The molecule has 0 bridgehead atoms. The van der Waals surface area contributed by atoms with Gasteiger partial charge >= 0.3 is 11.9 Å². The second-order valence-corrected chi connectivity index (χ2v) is 5.51. The van der Waals surface area contributed by atoms with E-state index in [1.54, 1.807) is 0 Å². The molecule has 0 fully saturated rings. The minimum Gasteiger partial charge on any atom is -0.481 e. The van der Waals surface area contributed by atoms with E-state index in [1.807, 2.05) is 0 Å². The SMILES string of the molecule is O=C(O)CCCCCCCCC(=O)O.OCCCC(CO)CO. The lowest BCUT2D eigenvalue weighted by atomic mass is 10.1. The molecule has 0 atom stereocenters. The van der Waals surface area contributed by atoms with Crippen LogP contribution in [0.3, 0.4) is 0 Å². The van der Waals surface area contributed by atoms with Crippen LogP contribution in [0.4, 0.5) is 0 Å². The number of aliphatic carboxylic acids is 2. The van der Waals surface area contributed by atoms with E-state index in [0.29, 0.717) is 12.8 Å². The summed E-state index contributed by atoms with van der Waals surface area (Å²) in [6, 6.07) is 0. The zero-order chi connectivity index (χ0) is 17.9. The molecule has 0 aliphatic carbocycles. The highest BCUT2D eigenvalue weighted by Gasteiger charge is 2.03. The molecular weight excluding hydrogens is 304 g/mol. The summed E-state index contributed by atoms with van der Waals surface area (Å²) in [4.78, 5) is 20.3. The van der Waals surface area contributed by atoms with Crippen LogP contribution in [0.1, 0.15) is 64.2 Å². The summed E-state index contributed by atoms with van der Waals surface area (Å²) < 4.78 is 0. The summed E-state index contributed by atoms with van der Waals surface area (Å²) in [5.74, 6) is -1.52. The van der Waals surface area contributed by atoms with E-state index in [1.165, 1.54) is 0 Å². The summed E-state index contributed by atoms with van der Waals surface area (Å²) in [5.41, 5.74) is 0. The molecule has 0 rings (SSSR count). The summed E-state index contributed by atoms with van der Waals surface area (Å²) in [6.45, 7) is 0.156. The predicted molar refractivity (Wildman–Crippen MR) is 86.2 cm³/mol. The maximum absolute atomic E-state index is 10.1. The third-order valence-electron chi connectivity index (χ3n) is 3.32. The Bertz CT molecular complexity index is 258. The van der Waals surface area contributed by atoms with Gasteiger partial charge in [0.2, 0.25) is 0 Å². The molecule has 0 spiro atoms. The zero-order valence-electron chi connectivity index (χ0n) is 13.8. The summed E-state index contributed by atoms with van der Waals surface area (Å²) in [7, 11) is 0. The van der Waals surface area contributed by atoms with Gasteiger partial charge in [-0.25, -0.2) is 0 Å². The van der Waals surface area contributed by atoms with Crippen molar-refractivity contribution in [2.75, 3.05) is 19.8 Å². The smallest absolute Gasteiger partial charge is 0.303 e. The monoisotopic (exact) mass is 336 g/mol. The van der Waals surface area contributed by atoms with E-state index in [9.17, 15) is 9.59 Å². The normalized spacial score (nSPS) is 10.3. The highest BCUT2D eigenvalue weighted by Crippen LogP contribution is 2.08. The minimum absolute atomic E-state index is 0.0104. The zero-order valence-corrected chi connectivity index (χ0v) is 13.8. The topological polar surface area (TPSA) is 135 Å². The first kappa shape index (κ1) is 24.1. The molecule has 7 nitrogen and oxygen atoms in total. The van der Waals surface area contributed by atoms with Crippen molar-refractivity contribution in [1.82, 2.24) is 0 Å². The largest absolute Gasteiger partial charge is 0.481 e. The molecule has 0 amide bonds. The average molecular weight is 336 g/mol. The molecular formula is C16H32O7. The fraction of sp³-hybridized carbons (Fsp3) is 0.875. The molecule has 0 heterocycles. The molecule has 0 aromatic rings. The van der Waals surface area contributed by atoms with Gasteiger partial charge in [-0.05, 0) is 25.7 Å². The maximum atomic E-state index is 10.1. The Balaban J connectivity index is 0. The molecule has 0 saturated carbocycles. The van der Waals surface area contributed by atoms with Gasteiger partial charge < -0.3 is 25.5 Å². The fourth-order valence-electron chi connectivity index (χ4n) is 1.88. The molecule has 0 aliphatic heterocycles. The molecule has 0 unspecified atom stereocenters. The summed E-state index contributed by atoms with van der Waals surface area (Å²) >= 11 is 0. The van der Waals surface area contributed by atoms with Crippen molar-refractivity contribution < 1.29 is 35.1 Å². The van der Waals surface area contributed by atoms with Crippen LogP contribution in [-0.2, 0) is 9.59 Å². The summed E-state index contributed by atoms with van der Waals surface area (Å²) in [6.07, 6.45) is 7.18. The Morgan fingerprint density at radius 3 is 1.35 bits per heavy atom. The van der Waals surface area contributed by atoms with Crippen molar-refractivity contribution in [3.8, 4) is 0 Å². The lowest BCUT2D eigenvalue weighted by molar-refractivity contribution is -0.138. The van der Waals surface area contributed by atoms with Crippen molar-refractivity contribution in [2.45, 2.75) is 64.2 Å². The quantitative estimate of drug-likeness (QED) is 0.304. The van der Waals surface area contributed by atoms with Gasteiger partial charge in [-0.15, -0.1) is 0 Å². The number of rotatable bonds is 14.